The van der Waals surface area contributed by atoms with Gasteiger partial charge in [0.15, 0.2) is 5.82 Å². The maximum absolute atomic E-state index is 12.3. The molecule has 0 fully saturated rings. The lowest BCUT2D eigenvalue weighted by Crippen LogP contribution is -2.34. The largest absolute Gasteiger partial charge is 0.360 e. The first kappa shape index (κ1) is 17.9. The van der Waals surface area contributed by atoms with Crippen molar-refractivity contribution in [3.05, 3.63) is 41.7 Å². The molecule has 0 radical (unpaired) electrons. The number of carbonyl (C=O) groups excluding carboxylic acids is 2. The van der Waals surface area contributed by atoms with Crippen LogP contribution in [-0.4, -0.2) is 41.2 Å². The Bertz CT molecular complexity index is 719. The Morgan fingerprint density at radius 2 is 2.00 bits per heavy atom. The third-order valence-electron chi connectivity index (χ3n) is 2.95. The van der Waals surface area contributed by atoms with E-state index in [-0.39, 0.29) is 12.4 Å². The van der Waals surface area contributed by atoms with Gasteiger partial charge in [0.25, 0.3) is 11.7 Å². The second-order valence-corrected chi connectivity index (χ2v) is 6.00. The van der Waals surface area contributed by atoms with E-state index in [1.54, 1.807) is 13.0 Å². The molecule has 0 saturated carbocycles. The van der Waals surface area contributed by atoms with Gasteiger partial charge in [-0.1, -0.05) is 16.9 Å². The van der Waals surface area contributed by atoms with Crippen molar-refractivity contribution in [3.8, 4) is 0 Å². The van der Waals surface area contributed by atoms with Crippen molar-refractivity contribution in [3.63, 3.8) is 0 Å². The molecule has 0 bridgehead atoms. The molecular weight excluding hydrogens is 340 g/mol. The molecule has 24 heavy (non-hydrogen) atoms. The lowest BCUT2D eigenvalue weighted by Gasteiger charge is -2.16. The van der Waals surface area contributed by atoms with E-state index in [2.05, 4.69) is 10.5 Å². The lowest BCUT2D eigenvalue weighted by atomic mass is 10.2. The predicted molar refractivity (Wildman–Crippen MR) is 85.1 cm³/mol. The van der Waals surface area contributed by atoms with Crippen LogP contribution in [0.2, 0.25) is 0 Å². The summed E-state index contributed by atoms with van der Waals surface area (Å²) in [5, 5.41) is 6.13. The van der Waals surface area contributed by atoms with E-state index in [9.17, 15) is 18.4 Å². The number of hydrogen-bond donors (Lipinski definition) is 1. The highest BCUT2D eigenvalue weighted by molar-refractivity contribution is 7.99. The summed E-state index contributed by atoms with van der Waals surface area (Å²) in [5.74, 6) is -2.51. The van der Waals surface area contributed by atoms with Gasteiger partial charge in [-0.25, -0.2) is 0 Å². The van der Waals surface area contributed by atoms with Crippen LogP contribution in [0.1, 0.15) is 16.1 Å². The van der Waals surface area contributed by atoms with Crippen LogP contribution in [0.5, 0.6) is 0 Å². The molecular formula is C15H15F2N3O3S. The Balaban J connectivity index is 1.92. The van der Waals surface area contributed by atoms with Crippen molar-refractivity contribution in [2.75, 3.05) is 18.9 Å². The monoisotopic (exact) mass is 355 g/mol. The number of likely N-dealkylation sites (N-methyl/N-ethyl adjacent to an activating group) is 1. The Morgan fingerprint density at radius 1 is 1.33 bits per heavy atom. The molecule has 2 amide bonds. The van der Waals surface area contributed by atoms with Gasteiger partial charge < -0.3 is 14.7 Å². The molecule has 0 saturated heterocycles. The van der Waals surface area contributed by atoms with Crippen LogP contribution in [0.4, 0.5) is 14.6 Å². The number of aromatic nitrogens is 1. The molecule has 0 aliphatic carbocycles. The lowest BCUT2D eigenvalue weighted by molar-refractivity contribution is -0.116. The first-order valence-electron chi connectivity index (χ1n) is 6.88. The van der Waals surface area contributed by atoms with E-state index in [4.69, 9.17) is 4.52 Å². The van der Waals surface area contributed by atoms with Crippen LogP contribution in [0.3, 0.4) is 0 Å². The zero-order valence-corrected chi connectivity index (χ0v) is 13.8. The van der Waals surface area contributed by atoms with Gasteiger partial charge in [0, 0.05) is 23.6 Å². The normalized spacial score (nSPS) is 10.7. The minimum Gasteiger partial charge on any atom is -0.360 e. The highest BCUT2D eigenvalue weighted by atomic mass is 32.2. The zero-order valence-electron chi connectivity index (χ0n) is 13.0. The van der Waals surface area contributed by atoms with Crippen molar-refractivity contribution in [1.29, 1.82) is 0 Å². The van der Waals surface area contributed by atoms with Crippen LogP contribution < -0.4 is 5.32 Å². The second kappa shape index (κ2) is 7.91. The first-order valence-corrected chi connectivity index (χ1v) is 7.76. The van der Waals surface area contributed by atoms with Gasteiger partial charge in [-0.15, -0.1) is 0 Å². The Hall–Kier alpha value is -2.42. The van der Waals surface area contributed by atoms with Crippen molar-refractivity contribution in [1.82, 2.24) is 10.1 Å². The quantitative estimate of drug-likeness (QED) is 0.806. The highest BCUT2D eigenvalue weighted by Crippen LogP contribution is 2.25. The molecule has 0 unspecified atom stereocenters. The number of aryl methyl sites for hydroxylation is 1. The number of halogens is 2. The molecule has 6 nitrogen and oxygen atoms in total. The molecule has 2 aromatic rings. The minimum absolute atomic E-state index is 0.182. The standard InChI is InChI=1S/C15H15F2N3O3S/c1-9-7-12(19-23-9)18-13(21)8-20(2)14(22)10-3-5-11(6-4-10)24-15(16)17/h3-7,15H,8H2,1-2H3,(H,18,19,21). The minimum atomic E-state index is -2.52. The summed E-state index contributed by atoms with van der Waals surface area (Å²) < 4.78 is 29.4. The molecule has 9 heteroatoms. The van der Waals surface area contributed by atoms with E-state index < -0.39 is 17.6 Å². The molecule has 1 aromatic carbocycles. The van der Waals surface area contributed by atoms with Gasteiger partial charge in [0.2, 0.25) is 5.91 Å². The van der Waals surface area contributed by atoms with Gasteiger partial charge in [-0.05, 0) is 31.2 Å². The molecule has 128 valence electrons. The topological polar surface area (TPSA) is 75.4 Å². The van der Waals surface area contributed by atoms with E-state index in [1.807, 2.05) is 0 Å². The van der Waals surface area contributed by atoms with Crippen LogP contribution >= 0.6 is 11.8 Å². The van der Waals surface area contributed by atoms with Gasteiger partial charge in [0.1, 0.15) is 5.76 Å². The number of amides is 2. The average molecular weight is 355 g/mol. The number of anilines is 1. The summed E-state index contributed by atoms with van der Waals surface area (Å²) in [4.78, 5) is 25.7. The summed E-state index contributed by atoms with van der Waals surface area (Å²) >= 11 is 0.403. The molecule has 0 atom stereocenters. The summed E-state index contributed by atoms with van der Waals surface area (Å²) in [6.45, 7) is 1.51. The van der Waals surface area contributed by atoms with Crippen molar-refractivity contribution < 1.29 is 22.9 Å². The zero-order chi connectivity index (χ0) is 17.7. The van der Waals surface area contributed by atoms with Crippen LogP contribution in [0.15, 0.2) is 39.8 Å². The van der Waals surface area contributed by atoms with Crippen LogP contribution in [-0.2, 0) is 4.79 Å². The fourth-order valence-electron chi connectivity index (χ4n) is 1.89. The van der Waals surface area contributed by atoms with E-state index in [1.165, 1.54) is 36.2 Å². The summed E-state index contributed by atoms with van der Waals surface area (Å²) in [6.07, 6.45) is 0. The van der Waals surface area contributed by atoms with Crippen LogP contribution in [0.25, 0.3) is 0 Å². The molecule has 1 aromatic heterocycles. The summed E-state index contributed by atoms with van der Waals surface area (Å²) in [5.41, 5.74) is 0.307. The summed E-state index contributed by atoms with van der Waals surface area (Å²) in [7, 11) is 1.47. The summed E-state index contributed by atoms with van der Waals surface area (Å²) in [6, 6.07) is 7.33. The SMILES string of the molecule is Cc1cc(NC(=O)CN(C)C(=O)c2ccc(SC(F)F)cc2)no1. The molecule has 0 spiro atoms. The van der Waals surface area contributed by atoms with E-state index in [0.717, 1.165) is 0 Å². The number of alkyl halides is 2. The molecule has 1 heterocycles. The third-order valence-corrected chi connectivity index (χ3v) is 3.67. The molecule has 0 aliphatic rings. The number of rotatable bonds is 6. The number of benzene rings is 1. The second-order valence-electron chi connectivity index (χ2n) is 4.94. The van der Waals surface area contributed by atoms with E-state index >= 15 is 0 Å². The van der Waals surface area contributed by atoms with Gasteiger partial charge in [0.05, 0.1) is 6.54 Å². The number of thioether (sulfide) groups is 1. The molecule has 2 rings (SSSR count). The fraction of sp³-hybridized carbons (Fsp3) is 0.267. The maximum Gasteiger partial charge on any atom is 0.288 e. The third kappa shape index (κ3) is 5.05. The Morgan fingerprint density at radius 3 is 2.54 bits per heavy atom. The molecule has 1 N–H and O–H groups in total. The predicted octanol–water partition coefficient (Wildman–Crippen LogP) is 3.01. The first-order chi connectivity index (χ1) is 11.3. The maximum atomic E-state index is 12.3. The van der Waals surface area contributed by atoms with Crippen LogP contribution in [0, 0.1) is 6.92 Å². The Kier molecular flexibility index (Phi) is 5.91. The van der Waals surface area contributed by atoms with Crippen molar-refractivity contribution in [2.45, 2.75) is 17.6 Å². The number of carbonyl (C=O) groups is 2. The number of hydrogen-bond acceptors (Lipinski definition) is 5. The van der Waals surface area contributed by atoms with Crippen molar-refractivity contribution in [2.24, 2.45) is 0 Å². The highest BCUT2D eigenvalue weighted by Gasteiger charge is 2.16. The van der Waals surface area contributed by atoms with Gasteiger partial charge in [-0.3, -0.25) is 9.59 Å². The van der Waals surface area contributed by atoms with E-state index in [0.29, 0.717) is 28.0 Å². The fourth-order valence-corrected chi connectivity index (χ4v) is 2.39. The number of nitrogens with zero attached hydrogens (tertiary/aromatic N) is 2. The number of nitrogens with one attached hydrogen (secondary N) is 1. The Labute approximate surface area is 141 Å². The van der Waals surface area contributed by atoms with Gasteiger partial charge in [-0.2, -0.15) is 8.78 Å². The average Bonchev–Trinajstić information content (AvgIpc) is 2.91. The smallest absolute Gasteiger partial charge is 0.288 e. The van der Waals surface area contributed by atoms with Crippen molar-refractivity contribution >= 4 is 29.4 Å². The van der Waals surface area contributed by atoms with Gasteiger partial charge >= 0.3 is 0 Å². The molecule has 0 aliphatic heterocycles.